The van der Waals surface area contributed by atoms with Crippen LogP contribution in [-0.4, -0.2) is 9.97 Å². The maximum atomic E-state index is 8.78. The highest BCUT2D eigenvalue weighted by Crippen LogP contribution is 2.22. The molecule has 2 aromatic heterocycles. The third-order valence-corrected chi connectivity index (χ3v) is 2.14. The summed E-state index contributed by atoms with van der Waals surface area (Å²) < 4.78 is 0. The molecule has 0 aliphatic rings. The number of aromatic amines is 1. The zero-order chi connectivity index (χ0) is 9.26. The highest BCUT2D eigenvalue weighted by Gasteiger charge is 2.09. The van der Waals surface area contributed by atoms with Crippen LogP contribution in [0.25, 0.3) is 11.0 Å². The zero-order valence-electron chi connectivity index (χ0n) is 7.28. The van der Waals surface area contributed by atoms with Crippen molar-refractivity contribution in [3.8, 4) is 6.07 Å². The minimum absolute atomic E-state index is 0.0852. The maximum Gasteiger partial charge on any atom is 0.137 e. The van der Waals surface area contributed by atoms with Crippen molar-refractivity contribution in [3.63, 3.8) is 0 Å². The van der Waals surface area contributed by atoms with Crippen molar-refractivity contribution in [2.45, 2.75) is 12.8 Å². The molecule has 0 aliphatic carbocycles. The molecule has 13 heavy (non-hydrogen) atoms. The van der Waals surface area contributed by atoms with Gasteiger partial charge in [0, 0.05) is 17.8 Å². The van der Waals surface area contributed by atoms with E-state index in [1.54, 1.807) is 6.20 Å². The molecule has 0 spiro atoms. The van der Waals surface area contributed by atoms with Crippen molar-refractivity contribution in [1.29, 1.82) is 5.26 Å². The smallest absolute Gasteiger partial charge is 0.137 e. The topological polar surface area (TPSA) is 52.5 Å². The Hall–Kier alpha value is -1.82. The molecule has 0 saturated carbocycles. The number of aromatic nitrogens is 2. The number of pyridine rings is 1. The maximum absolute atomic E-state index is 8.78. The SMILES string of the molecule is CC(C#N)c1c[nH]c2ncccc12. The first-order valence-corrected chi connectivity index (χ1v) is 4.14. The second-order valence-corrected chi connectivity index (χ2v) is 2.99. The summed E-state index contributed by atoms with van der Waals surface area (Å²) in [6.07, 6.45) is 3.59. The number of hydrogen-bond donors (Lipinski definition) is 1. The van der Waals surface area contributed by atoms with E-state index in [1.807, 2.05) is 25.3 Å². The first kappa shape index (κ1) is 7.81. The number of nitrogens with one attached hydrogen (secondary N) is 1. The fourth-order valence-corrected chi connectivity index (χ4v) is 1.40. The number of nitriles is 1. The van der Waals surface area contributed by atoms with E-state index in [0.717, 1.165) is 16.6 Å². The molecule has 0 amide bonds. The molecule has 0 radical (unpaired) electrons. The van der Waals surface area contributed by atoms with Crippen molar-refractivity contribution in [3.05, 3.63) is 30.1 Å². The van der Waals surface area contributed by atoms with Crippen LogP contribution in [0.4, 0.5) is 0 Å². The molecule has 64 valence electrons. The Morgan fingerprint density at radius 3 is 3.23 bits per heavy atom. The number of hydrogen-bond acceptors (Lipinski definition) is 2. The number of H-pyrrole nitrogens is 1. The van der Waals surface area contributed by atoms with Crippen LogP contribution in [-0.2, 0) is 0 Å². The Balaban J connectivity index is 2.66. The number of rotatable bonds is 1. The Morgan fingerprint density at radius 1 is 1.62 bits per heavy atom. The molecule has 0 aromatic carbocycles. The summed E-state index contributed by atoms with van der Waals surface area (Å²) >= 11 is 0. The Labute approximate surface area is 76.0 Å². The molecule has 1 atom stereocenters. The minimum atomic E-state index is -0.0852. The summed E-state index contributed by atoms with van der Waals surface area (Å²) in [6.45, 7) is 1.88. The lowest BCUT2D eigenvalue weighted by atomic mass is 10.0. The van der Waals surface area contributed by atoms with Gasteiger partial charge in [0.2, 0.25) is 0 Å². The number of fused-ring (bicyclic) bond motifs is 1. The molecule has 3 heteroatoms. The van der Waals surface area contributed by atoms with Gasteiger partial charge >= 0.3 is 0 Å². The average molecular weight is 171 g/mol. The van der Waals surface area contributed by atoms with Crippen LogP contribution in [0.15, 0.2) is 24.5 Å². The molecule has 0 aliphatic heterocycles. The van der Waals surface area contributed by atoms with Crippen molar-refractivity contribution in [2.75, 3.05) is 0 Å². The van der Waals surface area contributed by atoms with Crippen LogP contribution in [0.2, 0.25) is 0 Å². The van der Waals surface area contributed by atoms with Gasteiger partial charge in [-0.15, -0.1) is 0 Å². The van der Waals surface area contributed by atoms with Gasteiger partial charge < -0.3 is 4.98 Å². The van der Waals surface area contributed by atoms with E-state index in [0.29, 0.717) is 0 Å². The summed E-state index contributed by atoms with van der Waals surface area (Å²) in [5.74, 6) is -0.0852. The van der Waals surface area contributed by atoms with E-state index in [2.05, 4.69) is 16.0 Å². The van der Waals surface area contributed by atoms with Crippen molar-refractivity contribution >= 4 is 11.0 Å². The molecule has 2 heterocycles. The molecule has 3 nitrogen and oxygen atoms in total. The molecule has 0 saturated heterocycles. The standard InChI is InChI=1S/C10H9N3/c1-7(5-11)9-6-13-10-8(9)3-2-4-12-10/h2-4,6-7H,1H3,(H,12,13). The Bertz CT molecular complexity index is 464. The molecule has 2 aromatic rings. The molecular formula is C10H9N3. The lowest BCUT2D eigenvalue weighted by molar-refractivity contribution is 0.993. The van der Waals surface area contributed by atoms with E-state index in [9.17, 15) is 0 Å². The predicted molar refractivity (Wildman–Crippen MR) is 50.1 cm³/mol. The lowest BCUT2D eigenvalue weighted by Crippen LogP contribution is -1.86. The van der Waals surface area contributed by atoms with Gasteiger partial charge in [0.25, 0.3) is 0 Å². The summed E-state index contributed by atoms with van der Waals surface area (Å²) in [4.78, 5) is 7.19. The van der Waals surface area contributed by atoms with Gasteiger partial charge in [0.05, 0.1) is 12.0 Å². The first-order valence-electron chi connectivity index (χ1n) is 4.14. The molecule has 1 N–H and O–H groups in total. The molecule has 0 fully saturated rings. The minimum Gasteiger partial charge on any atom is -0.346 e. The van der Waals surface area contributed by atoms with Crippen LogP contribution in [0.5, 0.6) is 0 Å². The van der Waals surface area contributed by atoms with Gasteiger partial charge in [-0.2, -0.15) is 5.26 Å². The van der Waals surface area contributed by atoms with Gasteiger partial charge in [-0.3, -0.25) is 0 Å². The average Bonchev–Trinajstić information content (AvgIpc) is 2.60. The highest BCUT2D eigenvalue weighted by molar-refractivity contribution is 5.80. The zero-order valence-corrected chi connectivity index (χ0v) is 7.28. The first-order chi connectivity index (χ1) is 6.33. The Kier molecular flexibility index (Phi) is 1.75. The van der Waals surface area contributed by atoms with Crippen LogP contribution < -0.4 is 0 Å². The van der Waals surface area contributed by atoms with Gasteiger partial charge in [-0.05, 0) is 24.6 Å². The fourth-order valence-electron chi connectivity index (χ4n) is 1.40. The van der Waals surface area contributed by atoms with E-state index in [-0.39, 0.29) is 5.92 Å². The van der Waals surface area contributed by atoms with Gasteiger partial charge in [0.1, 0.15) is 5.65 Å². The van der Waals surface area contributed by atoms with Crippen molar-refractivity contribution < 1.29 is 0 Å². The van der Waals surface area contributed by atoms with Crippen molar-refractivity contribution in [1.82, 2.24) is 9.97 Å². The van der Waals surface area contributed by atoms with Crippen LogP contribution in [0, 0.1) is 11.3 Å². The summed E-state index contributed by atoms with van der Waals surface area (Å²) in [7, 11) is 0. The largest absolute Gasteiger partial charge is 0.346 e. The monoisotopic (exact) mass is 171 g/mol. The Morgan fingerprint density at radius 2 is 2.46 bits per heavy atom. The third kappa shape index (κ3) is 1.17. The van der Waals surface area contributed by atoms with Gasteiger partial charge in [-0.25, -0.2) is 4.98 Å². The summed E-state index contributed by atoms with van der Waals surface area (Å²) in [6, 6.07) is 6.06. The molecule has 0 bridgehead atoms. The van der Waals surface area contributed by atoms with Gasteiger partial charge in [-0.1, -0.05) is 0 Å². The number of nitrogens with zero attached hydrogens (tertiary/aromatic N) is 2. The second kappa shape index (κ2) is 2.91. The molecular weight excluding hydrogens is 162 g/mol. The normalized spacial score (nSPS) is 12.6. The van der Waals surface area contributed by atoms with Crippen LogP contribution in [0.3, 0.4) is 0 Å². The van der Waals surface area contributed by atoms with E-state index in [1.165, 1.54) is 0 Å². The van der Waals surface area contributed by atoms with Gasteiger partial charge in [0.15, 0.2) is 0 Å². The quantitative estimate of drug-likeness (QED) is 0.715. The summed E-state index contributed by atoms with van der Waals surface area (Å²) in [5, 5.41) is 9.82. The van der Waals surface area contributed by atoms with Crippen LogP contribution >= 0.6 is 0 Å². The lowest BCUT2D eigenvalue weighted by Gasteiger charge is -1.97. The van der Waals surface area contributed by atoms with E-state index < -0.39 is 0 Å². The van der Waals surface area contributed by atoms with E-state index in [4.69, 9.17) is 5.26 Å². The highest BCUT2D eigenvalue weighted by atomic mass is 14.8. The molecule has 2 rings (SSSR count). The second-order valence-electron chi connectivity index (χ2n) is 2.99. The molecule has 1 unspecified atom stereocenters. The third-order valence-electron chi connectivity index (χ3n) is 2.14. The van der Waals surface area contributed by atoms with Crippen molar-refractivity contribution in [2.24, 2.45) is 0 Å². The fraction of sp³-hybridized carbons (Fsp3) is 0.200. The van der Waals surface area contributed by atoms with E-state index >= 15 is 0 Å². The predicted octanol–water partition coefficient (Wildman–Crippen LogP) is 2.19. The summed E-state index contributed by atoms with van der Waals surface area (Å²) in [5.41, 5.74) is 1.87. The van der Waals surface area contributed by atoms with Crippen LogP contribution in [0.1, 0.15) is 18.4 Å².